The van der Waals surface area contributed by atoms with Crippen molar-refractivity contribution in [1.29, 1.82) is 0 Å². The minimum atomic E-state index is -0.256. The molecular weight excluding hydrogens is 148 g/mol. The first-order valence-corrected chi connectivity index (χ1v) is 4.41. The Morgan fingerprint density at radius 3 is 2.70 bits per heavy atom. The van der Waals surface area contributed by atoms with Crippen molar-refractivity contribution in [2.45, 2.75) is 31.6 Å². The van der Waals surface area contributed by atoms with Gasteiger partial charge < -0.3 is 4.74 Å². The van der Waals surface area contributed by atoms with Crippen LogP contribution in [0.5, 0.6) is 0 Å². The van der Waals surface area contributed by atoms with Gasteiger partial charge in [-0.25, -0.2) is 0 Å². The number of hydrogen-bond acceptors (Lipinski definition) is 3. The average Bonchev–Trinajstić information content (AvgIpc) is 1.79. The molecule has 0 radical (unpaired) electrons. The predicted octanol–water partition coefficient (Wildman–Crippen LogP) is 1.44. The maximum absolute atomic E-state index is 11.0. The Labute approximate surface area is 65.3 Å². The molecule has 1 atom stereocenters. The number of rotatable bonds is 0. The van der Waals surface area contributed by atoms with Gasteiger partial charge in [0.2, 0.25) is 0 Å². The van der Waals surface area contributed by atoms with Crippen LogP contribution in [-0.2, 0) is 9.53 Å². The maximum Gasteiger partial charge on any atom is 0.319 e. The van der Waals surface area contributed by atoms with E-state index in [-0.39, 0.29) is 16.8 Å². The van der Waals surface area contributed by atoms with Gasteiger partial charge in [0.25, 0.3) is 0 Å². The Morgan fingerprint density at radius 2 is 2.30 bits per heavy atom. The minimum absolute atomic E-state index is 0.0213. The van der Waals surface area contributed by atoms with E-state index in [0.29, 0.717) is 0 Å². The van der Waals surface area contributed by atoms with Gasteiger partial charge in [-0.1, -0.05) is 0 Å². The molecule has 1 aliphatic rings. The fourth-order valence-corrected chi connectivity index (χ4v) is 1.67. The number of ether oxygens (including phenoxy) is 1. The minimum Gasteiger partial charge on any atom is -0.458 e. The van der Waals surface area contributed by atoms with Crippen molar-refractivity contribution in [2.24, 2.45) is 0 Å². The second-order valence-corrected chi connectivity index (χ2v) is 4.46. The summed E-state index contributed by atoms with van der Waals surface area (Å²) >= 11 is 1.66. The van der Waals surface area contributed by atoms with E-state index in [2.05, 4.69) is 0 Å². The van der Waals surface area contributed by atoms with Gasteiger partial charge in [0.05, 0.1) is 5.25 Å². The SMILES string of the molecule is CC1SCC(C)(C)OC1=O. The molecule has 58 valence electrons. The van der Waals surface area contributed by atoms with Crippen molar-refractivity contribution in [1.82, 2.24) is 0 Å². The number of thioether (sulfide) groups is 1. The van der Waals surface area contributed by atoms with Gasteiger partial charge in [-0.2, -0.15) is 0 Å². The van der Waals surface area contributed by atoms with Gasteiger partial charge in [0.15, 0.2) is 0 Å². The van der Waals surface area contributed by atoms with Crippen LogP contribution in [0.1, 0.15) is 20.8 Å². The van der Waals surface area contributed by atoms with Crippen LogP contribution in [0.25, 0.3) is 0 Å². The van der Waals surface area contributed by atoms with E-state index < -0.39 is 0 Å². The first-order chi connectivity index (χ1) is 4.51. The Kier molecular flexibility index (Phi) is 1.95. The highest BCUT2D eigenvalue weighted by Crippen LogP contribution is 2.27. The zero-order valence-electron chi connectivity index (χ0n) is 6.51. The van der Waals surface area contributed by atoms with Crippen LogP contribution in [0.4, 0.5) is 0 Å². The molecule has 0 saturated carbocycles. The van der Waals surface area contributed by atoms with Crippen molar-refractivity contribution in [3.05, 3.63) is 0 Å². The largest absolute Gasteiger partial charge is 0.458 e. The second kappa shape index (κ2) is 2.46. The van der Waals surface area contributed by atoms with E-state index in [9.17, 15) is 4.79 Å². The van der Waals surface area contributed by atoms with E-state index >= 15 is 0 Å². The molecule has 2 nitrogen and oxygen atoms in total. The molecule has 0 amide bonds. The smallest absolute Gasteiger partial charge is 0.319 e. The predicted molar refractivity (Wildman–Crippen MR) is 42.1 cm³/mol. The van der Waals surface area contributed by atoms with Crippen LogP contribution in [0.15, 0.2) is 0 Å². The molecule has 0 aromatic heterocycles. The van der Waals surface area contributed by atoms with Crippen molar-refractivity contribution in [3.63, 3.8) is 0 Å². The monoisotopic (exact) mass is 160 g/mol. The molecule has 1 heterocycles. The average molecular weight is 160 g/mol. The molecular formula is C7H12O2S. The molecule has 1 saturated heterocycles. The number of hydrogen-bond donors (Lipinski definition) is 0. The van der Waals surface area contributed by atoms with Crippen molar-refractivity contribution >= 4 is 17.7 Å². The summed E-state index contributed by atoms with van der Waals surface area (Å²) in [6.07, 6.45) is 0. The summed E-state index contributed by atoms with van der Waals surface area (Å²) in [6.45, 7) is 5.75. The zero-order valence-corrected chi connectivity index (χ0v) is 7.33. The quantitative estimate of drug-likeness (QED) is 0.502. The third-order valence-electron chi connectivity index (χ3n) is 1.39. The summed E-state index contributed by atoms with van der Waals surface area (Å²) in [6, 6.07) is 0. The summed E-state index contributed by atoms with van der Waals surface area (Å²) in [5.74, 6) is 0.821. The van der Waals surface area contributed by atoms with Crippen LogP contribution in [0.3, 0.4) is 0 Å². The van der Waals surface area contributed by atoms with Crippen LogP contribution < -0.4 is 0 Å². The fraction of sp³-hybridized carbons (Fsp3) is 0.857. The number of esters is 1. The normalized spacial score (nSPS) is 31.5. The van der Waals surface area contributed by atoms with Crippen molar-refractivity contribution in [2.75, 3.05) is 5.75 Å². The van der Waals surface area contributed by atoms with Gasteiger partial charge in [-0.05, 0) is 20.8 Å². The molecule has 1 rings (SSSR count). The van der Waals surface area contributed by atoms with E-state index in [1.807, 2.05) is 20.8 Å². The lowest BCUT2D eigenvalue weighted by molar-refractivity contribution is -0.154. The molecule has 10 heavy (non-hydrogen) atoms. The van der Waals surface area contributed by atoms with Crippen LogP contribution in [-0.4, -0.2) is 22.6 Å². The van der Waals surface area contributed by atoms with Crippen LogP contribution in [0.2, 0.25) is 0 Å². The summed E-state index contributed by atoms with van der Waals surface area (Å²) in [5, 5.41) is 0.0213. The lowest BCUT2D eigenvalue weighted by Gasteiger charge is -2.31. The zero-order chi connectivity index (χ0) is 7.78. The first-order valence-electron chi connectivity index (χ1n) is 3.36. The number of carbonyl (C=O) groups is 1. The Balaban J connectivity index is 2.57. The van der Waals surface area contributed by atoms with Gasteiger partial charge in [0.1, 0.15) is 5.60 Å². The number of cyclic esters (lactones) is 1. The summed E-state index contributed by atoms with van der Waals surface area (Å²) in [5.41, 5.74) is -0.256. The second-order valence-electron chi connectivity index (χ2n) is 3.13. The molecule has 0 aromatic carbocycles. The first kappa shape index (κ1) is 7.92. The standard InChI is InChI=1S/C7H12O2S/c1-5-6(8)9-7(2,3)4-10-5/h5H,4H2,1-3H3. The Bertz CT molecular complexity index is 154. The molecule has 3 heteroatoms. The summed E-state index contributed by atoms with van der Waals surface area (Å²) in [7, 11) is 0. The van der Waals surface area contributed by atoms with E-state index in [0.717, 1.165) is 5.75 Å². The van der Waals surface area contributed by atoms with Crippen LogP contribution in [0, 0.1) is 0 Å². The highest BCUT2D eigenvalue weighted by Gasteiger charge is 2.32. The Hall–Kier alpha value is -0.180. The molecule has 1 aliphatic heterocycles. The molecule has 0 aliphatic carbocycles. The Morgan fingerprint density at radius 1 is 1.70 bits per heavy atom. The van der Waals surface area contributed by atoms with Crippen molar-refractivity contribution < 1.29 is 9.53 Å². The highest BCUT2D eigenvalue weighted by atomic mass is 32.2. The van der Waals surface area contributed by atoms with E-state index in [1.54, 1.807) is 11.8 Å². The summed E-state index contributed by atoms with van der Waals surface area (Å²) < 4.78 is 5.13. The van der Waals surface area contributed by atoms with Gasteiger partial charge in [0, 0.05) is 5.75 Å². The number of carbonyl (C=O) groups excluding carboxylic acids is 1. The molecule has 0 spiro atoms. The van der Waals surface area contributed by atoms with Crippen LogP contribution >= 0.6 is 11.8 Å². The molecule has 1 fully saturated rings. The lowest BCUT2D eigenvalue weighted by atomic mass is 10.2. The van der Waals surface area contributed by atoms with E-state index in [4.69, 9.17) is 4.74 Å². The van der Waals surface area contributed by atoms with Gasteiger partial charge >= 0.3 is 5.97 Å². The lowest BCUT2D eigenvalue weighted by Crippen LogP contribution is -2.39. The maximum atomic E-state index is 11.0. The topological polar surface area (TPSA) is 26.3 Å². The fourth-order valence-electron chi connectivity index (χ4n) is 0.778. The van der Waals surface area contributed by atoms with E-state index in [1.165, 1.54) is 0 Å². The third-order valence-corrected chi connectivity index (χ3v) is 2.94. The molecule has 0 N–H and O–H groups in total. The van der Waals surface area contributed by atoms with Crippen molar-refractivity contribution in [3.8, 4) is 0 Å². The molecule has 0 bridgehead atoms. The van der Waals surface area contributed by atoms with Gasteiger partial charge in [-0.3, -0.25) is 4.79 Å². The summed E-state index contributed by atoms with van der Waals surface area (Å²) in [4.78, 5) is 11.0. The highest BCUT2D eigenvalue weighted by molar-refractivity contribution is 8.00. The van der Waals surface area contributed by atoms with Gasteiger partial charge in [-0.15, -0.1) is 11.8 Å². The third kappa shape index (κ3) is 1.66. The molecule has 1 unspecified atom stereocenters. The molecule has 0 aromatic rings.